The molecule has 1 unspecified atom stereocenters. The molecule has 25 heavy (non-hydrogen) atoms. The largest absolute Gasteiger partial charge is 0.468 e. The van der Waals surface area contributed by atoms with Crippen molar-refractivity contribution in [2.45, 2.75) is 31.7 Å². The quantitative estimate of drug-likeness (QED) is 0.608. The van der Waals surface area contributed by atoms with Crippen LogP contribution < -0.4 is 10.6 Å². The van der Waals surface area contributed by atoms with Crippen molar-refractivity contribution in [3.05, 3.63) is 24.2 Å². The van der Waals surface area contributed by atoms with Crippen molar-refractivity contribution in [2.75, 3.05) is 53.4 Å². The summed E-state index contributed by atoms with van der Waals surface area (Å²) in [5.41, 5.74) is 0. The summed E-state index contributed by atoms with van der Waals surface area (Å²) < 4.78 is 5.69. The lowest BCUT2D eigenvalue weighted by molar-refractivity contribution is 0.213. The zero-order valence-corrected chi connectivity index (χ0v) is 15.7. The second-order valence-electron chi connectivity index (χ2n) is 7.35. The molecule has 2 aliphatic rings. The van der Waals surface area contributed by atoms with Crippen molar-refractivity contribution >= 4 is 5.96 Å². The van der Waals surface area contributed by atoms with E-state index in [2.05, 4.69) is 38.5 Å². The third-order valence-corrected chi connectivity index (χ3v) is 5.54. The van der Waals surface area contributed by atoms with Crippen LogP contribution in [0.25, 0.3) is 0 Å². The molecule has 2 fully saturated rings. The topological polar surface area (TPSA) is 56.0 Å². The van der Waals surface area contributed by atoms with Crippen LogP contribution in [0.3, 0.4) is 0 Å². The number of rotatable bonds is 6. The van der Waals surface area contributed by atoms with Crippen LogP contribution in [-0.2, 0) is 0 Å². The first-order valence-electron chi connectivity index (χ1n) is 9.67. The molecule has 3 rings (SSSR count). The second kappa shape index (κ2) is 9.25. The summed E-state index contributed by atoms with van der Waals surface area (Å²) in [4.78, 5) is 9.32. The Labute approximate surface area is 151 Å². The van der Waals surface area contributed by atoms with Gasteiger partial charge in [-0.25, -0.2) is 0 Å². The molecule has 6 nitrogen and oxygen atoms in total. The molecule has 0 radical (unpaired) electrons. The first kappa shape index (κ1) is 18.3. The van der Waals surface area contributed by atoms with Gasteiger partial charge in [-0.1, -0.05) is 0 Å². The van der Waals surface area contributed by atoms with E-state index in [0.29, 0.717) is 0 Å². The predicted octanol–water partition coefficient (Wildman–Crippen LogP) is 1.92. The summed E-state index contributed by atoms with van der Waals surface area (Å²) >= 11 is 0. The molecule has 6 heteroatoms. The minimum absolute atomic E-state index is 0.277. The summed E-state index contributed by atoms with van der Waals surface area (Å²) in [7, 11) is 4.05. The average molecular weight is 348 g/mol. The smallest absolute Gasteiger partial charge is 0.191 e. The Morgan fingerprint density at radius 3 is 2.64 bits per heavy atom. The van der Waals surface area contributed by atoms with Crippen molar-refractivity contribution < 1.29 is 4.42 Å². The normalized spacial score (nSPS) is 22.2. The lowest BCUT2D eigenvalue weighted by Gasteiger charge is -2.30. The number of hydrogen-bond acceptors (Lipinski definition) is 4. The highest BCUT2D eigenvalue weighted by molar-refractivity contribution is 5.79. The molecule has 1 atom stereocenters. The van der Waals surface area contributed by atoms with E-state index in [9.17, 15) is 0 Å². The Balaban J connectivity index is 1.48. The molecule has 1 aromatic heterocycles. The molecule has 0 aromatic carbocycles. The van der Waals surface area contributed by atoms with E-state index in [0.717, 1.165) is 43.8 Å². The van der Waals surface area contributed by atoms with Crippen molar-refractivity contribution in [1.82, 2.24) is 20.4 Å². The van der Waals surface area contributed by atoms with Gasteiger partial charge in [-0.15, -0.1) is 0 Å². The third kappa shape index (κ3) is 5.22. The number of piperidine rings is 1. The highest BCUT2D eigenvalue weighted by Crippen LogP contribution is 2.24. The Hall–Kier alpha value is -1.53. The van der Waals surface area contributed by atoms with Crippen molar-refractivity contribution in [3.63, 3.8) is 0 Å². The van der Waals surface area contributed by atoms with Gasteiger partial charge in [-0.05, 0) is 77.0 Å². The van der Waals surface area contributed by atoms with Crippen LogP contribution in [0.4, 0.5) is 0 Å². The molecule has 2 N–H and O–H groups in total. The Kier molecular flexibility index (Phi) is 6.76. The summed E-state index contributed by atoms with van der Waals surface area (Å²) in [5.74, 6) is 2.68. The van der Waals surface area contributed by atoms with E-state index in [1.165, 1.54) is 38.8 Å². The lowest BCUT2D eigenvalue weighted by Crippen LogP contribution is -2.45. The third-order valence-electron chi connectivity index (χ3n) is 5.54. The van der Waals surface area contributed by atoms with Gasteiger partial charge in [-0.2, -0.15) is 0 Å². The first-order chi connectivity index (χ1) is 12.3. The lowest BCUT2D eigenvalue weighted by atomic mass is 9.97. The maximum atomic E-state index is 5.69. The number of hydrogen-bond donors (Lipinski definition) is 2. The molecule has 0 spiro atoms. The van der Waals surface area contributed by atoms with E-state index in [-0.39, 0.29) is 6.04 Å². The van der Waals surface area contributed by atoms with Crippen LogP contribution in [0, 0.1) is 5.92 Å². The molecule has 0 amide bonds. The van der Waals surface area contributed by atoms with Crippen LogP contribution >= 0.6 is 0 Å². The van der Waals surface area contributed by atoms with E-state index in [4.69, 9.17) is 4.42 Å². The maximum absolute atomic E-state index is 5.69. The van der Waals surface area contributed by atoms with E-state index < -0.39 is 0 Å². The van der Waals surface area contributed by atoms with Crippen LogP contribution in [-0.4, -0.2) is 69.1 Å². The van der Waals surface area contributed by atoms with Gasteiger partial charge < -0.3 is 20.0 Å². The van der Waals surface area contributed by atoms with Gasteiger partial charge in [0.2, 0.25) is 0 Å². The zero-order valence-electron chi connectivity index (χ0n) is 15.7. The van der Waals surface area contributed by atoms with Crippen LogP contribution in [0.1, 0.15) is 37.5 Å². The highest BCUT2D eigenvalue weighted by Gasteiger charge is 2.25. The fourth-order valence-electron chi connectivity index (χ4n) is 3.86. The number of aliphatic imine (C=N–C) groups is 1. The standard InChI is InChI=1S/C19H33N5O/c1-20-19(21-14-16-7-11-23(2)12-8-16)22-15-17(18-6-5-13-25-18)24-9-3-4-10-24/h5-6,13,16-17H,3-4,7-12,14-15H2,1-2H3,(H2,20,21,22). The highest BCUT2D eigenvalue weighted by atomic mass is 16.3. The van der Waals surface area contributed by atoms with Crippen LogP contribution in [0.2, 0.25) is 0 Å². The number of nitrogens with zero attached hydrogens (tertiary/aromatic N) is 3. The van der Waals surface area contributed by atoms with Crippen molar-refractivity contribution in [2.24, 2.45) is 10.9 Å². The molecule has 0 bridgehead atoms. The molecular formula is C19H33N5O. The number of furan rings is 1. The molecule has 0 saturated carbocycles. The molecule has 140 valence electrons. The minimum Gasteiger partial charge on any atom is -0.468 e. The van der Waals surface area contributed by atoms with Crippen molar-refractivity contribution in [1.29, 1.82) is 0 Å². The molecule has 1 aromatic rings. The molecule has 3 heterocycles. The van der Waals surface area contributed by atoms with Gasteiger partial charge in [-0.3, -0.25) is 9.89 Å². The maximum Gasteiger partial charge on any atom is 0.191 e. The predicted molar refractivity (Wildman–Crippen MR) is 102 cm³/mol. The molecular weight excluding hydrogens is 314 g/mol. The van der Waals surface area contributed by atoms with E-state index in [1.807, 2.05) is 13.1 Å². The van der Waals surface area contributed by atoms with E-state index in [1.54, 1.807) is 6.26 Å². The summed E-state index contributed by atoms with van der Waals surface area (Å²) in [6, 6.07) is 4.34. The zero-order chi connectivity index (χ0) is 17.5. The average Bonchev–Trinajstić information content (AvgIpc) is 3.33. The van der Waals surface area contributed by atoms with Gasteiger partial charge in [0.15, 0.2) is 5.96 Å². The Morgan fingerprint density at radius 2 is 2.00 bits per heavy atom. The Morgan fingerprint density at radius 1 is 1.24 bits per heavy atom. The second-order valence-corrected chi connectivity index (χ2v) is 7.35. The fraction of sp³-hybridized carbons (Fsp3) is 0.737. The van der Waals surface area contributed by atoms with Gasteiger partial charge in [0.1, 0.15) is 5.76 Å². The molecule has 2 saturated heterocycles. The number of guanidine groups is 1. The number of likely N-dealkylation sites (tertiary alicyclic amines) is 2. The van der Waals surface area contributed by atoms with Crippen molar-refractivity contribution in [3.8, 4) is 0 Å². The Bertz CT molecular complexity index is 516. The van der Waals surface area contributed by atoms with Gasteiger partial charge >= 0.3 is 0 Å². The van der Waals surface area contributed by atoms with Gasteiger partial charge in [0, 0.05) is 20.1 Å². The van der Waals surface area contributed by atoms with Gasteiger partial charge in [0.25, 0.3) is 0 Å². The molecule has 0 aliphatic carbocycles. The van der Waals surface area contributed by atoms with Crippen LogP contribution in [0.5, 0.6) is 0 Å². The number of nitrogens with one attached hydrogen (secondary N) is 2. The summed E-state index contributed by atoms with van der Waals surface area (Å²) in [6.07, 6.45) is 6.86. The van der Waals surface area contributed by atoms with Gasteiger partial charge in [0.05, 0.1) is 12.3 Å². The minimum atomic E-state index is 0.277. The monoisotopic (exact) mass is 347 g/mol. The first-order valence-corrected chi connectivity index (χ1v) is 9.67. The fourth-order valence-corrected chi connectivity index (χ4v) is 3.86. The van der Waals surface area contributed by atoms with Crippen LogP contribution in [0.15, 0.2) is 27.8 Å². The van der Waals surface area contributed by atoms with E-state index >= 15 is 0 Å². The summed E-state index contributed by atoms with van der Waals surface area (Å²) in [5, 5.41) is 7.03. The molecule has 2 aliphatic heterocycles. The summed E-state index contributed by atoms with van der Waals surface area (Å²) in [6.45, 7) is 6.52. The SMILES string of the molecule is CN=C(NCC1CCN(C)CC1)NCC(c1ccco1)N1CCCC1.